The number of ether oxygens (including phenoxy) is 2. The summed E-state index contributed by atoms with van der Waals surface area (Å²) >= 11 is 0. The van der Waals surface area contributed by atoms with Crippen molar-refractivity contribution in [3.05, 3.63) is 41.4 Å². The Labute approximate surface area is 146 Å². The first-order chi connectivity index (χ1) is 12.0. The molecule has 0 saturated heterocycles. The van der Waals surface area contributed by atoms with Gasteiger partial charge in [0.1, 0.15) is 0 Å². The van der Waals surface area contributed by atoms with Gasteiger partial charge in [0, 0.05) is 5.70 Å². The zero-order chi connectivity index (χ0) is 18.1. The molecule has 0 aromatic heterocycles. The number of hydrogen-bond donors (Lipinski definition) is 0. The maximum absolute atomic E-state index is 14.4. The molecule has 0 radical (unpaired) electrons. The lowest BCUT2D eigenvalue weighted by Crippen LogP contribution is -2.31. The summed E-state index contributed by atoms with van der Waals surface area (Å²) in [6, 6.07) is 3.26. The van der Waals surface area contributed by atoms with Crippen LogP contribution >= 0.6 is 0 Å². The van der Waals surface area contributed by atoms with Crippen molar-refractivity contribution in [2.75, 3.05) is 14.2 Å². The van der Waals surface area contributed by atoms with E-state index in [1.165, 1.54) is 20.3 Å². The standard InChI is InChI=1S/C19H22FNO4/c1-11(12-4-6-13(7-5-12)19(23)25-3)21-10-14-8-9-15(24-2)17(20)16(14)18(21)22/h8-9,12-13H,1,4-7,10H2,2-3H3. The van der Waals surface area contributed by atoms with Gasteiger partial charge in [0.05, 0.1) is 32.2 Å². The number of amides is 1. The number of esters is 1. The molecule has 0 N–H and O–H groups in total. The molecule has 1 aromatic carbocycles. The van der Waals surface area contributed by atoms with Gasteiger partial charge in [-0.25, -0.2) is 4.39 Å². The first kappa shape index (κ1) is 17.5. The Morgan fingerprint density at radius 2 is 1.84 bits per heavy atom. The topological polar surface area (TPSA) is 55.8 Å². The van der Waals surface area contributed by atoms with Crippen LogP contribution in [0.4, 0.5) is 4.39 Å². The fourth-order valence-corrected chi connectivity index (χ4v) is 3.78. The van der Waals surface area contributed by atoms with Gasteiger partial charge < -0.3 is 14.4 Å². The minimum atomic E-state index is -0.616. The van der Waals surface area contributed by atoms with Crippen LogP contribution in [0.1, 0.15) is 41.6 Å². The van der Waals surface area contributed by atoms with Crippen LogP contribution < -0.4 is 4.74 Å². The van der Waals surface area contributed by atoms with Crippen molar-refractivity contribution in [1.29, 1.82) is 0 Å². The highest BCUT2D eigenvalue weighted by molar-refractivity contribution is 6.00. The summed E-state index contributed by atoms with van der Waals surface area (Å²) < 4.78 is 24.2. The molecular formula is C19H22FNO4. The summed E-state index contributed by atoms with van der Waals surface area (Å²) in [6.45, 7) is 4.42. The molecule has 0 spiro atoms. The van der Waals surface area contributed by atoms with Crippen molar-refractivity contribution in [1.82, 2.24) is 4.90 Å². The molecular weight excluding hydrogens is 325 g/mol. The third-order valence-electron chi connectivity index (χ3n) is 5.28. The van der Waals surface area contributed by atoms with Gasteiger partial charge in [-0.1, -0.05) is 12.6 Å². The van der Waals surface area contributed by atoms with Gasteiger partial charge in [0.15, 0.2) is 11.6 Å². The predicted molar refractivity (Wildman–Crippen MR) is 89.4 cm³/mol. The number of fused-ring (bicyclic) bond motifs is 1. The summed E-state index contributed by atoms with van der Waals surface area (Å²) in [5, 5.41) is 0. The van der Waals surface area contributed by atoms with Crippen molar-refractivity contribution in [3.63, 3.8) is 0 Å². The lowest BCUT2D eigenvalue weighted by Gasteiger charge is -2.32. The Hall–Kier alpha value is -2.37. The summed E-state index contributed by atoms with van der Waals surface area (Å²) in [5.41, 5.74) is 1.42. The van der Waals surface area contributed by atoms with E-state index >= 15 is 0 Å². The largest absolute Gasteiger partial charge is 0.494 e. The SMILES string of the molecule is C=C(C1CCC(C(=O)OC)CC1)N1Cc2ccc(OC)c(F)c2C1=O. The van der Waals surface area contributed by atoms with Crippen LogP contribution in [0.5, 0.6) is 5.75 Å². The van der Waals surface area contributed by atoms with Gasteiger partial charge in [0.25, 0.3) is 5.91 Å². The third kappa shape index (κ3) is 3.01. The number of benzene rings is 1. The number of hydrogen-bond acceptors (Lipinski definition) is 4. The number of allylic oxidation sites excluding steroid dienone is 1. The normalized spacial score (nSPS) is 22.5. The second-order valence-corrected chi connectivity index (χ2v) is 6.57. The van der Waals surface area contributed by atoms with E-state index in [1.807, 2.05) is 0 Å². The van der Waals surface area contributed by atoms with Gasteiger partial charge in [-0.15, -0.1) is 0 Å². The van der Waals surface area contributed by atoms with Crippen molar-refractivity contribution >= 4 is 11.9 Å². The maximum Gasteiger partial charge on any atom is 0.308 e. The van der Waals surface area contributed by atoms with E-state index in [-0.39, 0.29) is 35.0 Å². The number of methoxy groups -OCH3 is 2. The van der Waals surface area contributed by atoms with Gasteiger partial charge in [-0.3, -0.25) is 9.59 Å². The Kier molecular flexibility index (Phi) is 4.79. The van der Waals surface area contributed by atoms with Gasteiger partial charge in [0.2, 0.25) is 0 Å². The molecule has 0 atom stereocenters. The summed E-state index contributed by atoms with van der Waals surface area (Å²) in [4.78, 5) is 25.9. The zero-order valence-corrected chi connectivity index (χ0v) is 14.5. The molecule has 0 bridgehead atoms. The summed E-state index contributed by atoms with van der Waals surface area (Å²) in [5.74, 6) is -1.06. The van der Waals surface area contributed by atoms with Crippen LogP contribution in [0.15, 0.2) is 24.4 Å². The number of carbonyl (C=O) groups excluding carboxylic acids is 2. The van der Waals surface area contributed by atoms with Crippen molar-refractivity contribution in [3.8, 4) is 5.75 Å². The summed E-state index contributed by atoms with van der Waals surface area (Å²) in [6.07, 6.45) is 2.97. The Morgan fingerprint density at radius 1 is 1.20 bits per heavy atom. The Morgan fingerprint density at radius 3 is 2.44 bits per heavy atom. The van der Waals surface area contributed by atoms with Crippen LogP contribution in [0.25, 0.3) is 0 Å². The van der Waals surface area contributed by atoms with E-state index in [9.17, 15) is 14.0 Å². The molecule has 2 aliphatic rings. The number of carbonyl (C=O) groups is 2. The molecule has 1 aromatic rings. The van der Waals surface area contributed by atoms with E-state index in [1.54, 1.807) is 11.0 Å². The first-order valence-corrected chi connectivity index (χ1v) is 8.41. The highest BCUT2D eigenvalue weighted by Crippen LogP contribution is 2.39. The minimum absolute atomic E-state index is 0.0677. The fraction of sp³-hybridized carbons (Fsp3) is 0.474. The number of rotatable bonds is 4. The lowest BCUT2D eigenvalue weighted by atomic mass is 9.80. The fourth-order valence-electron chi connectivity index (χ4n) is 3.78. The van der Waals surface area contributed by atoms with Gasteiger partial charge >= 0.3 is 5.97 Å². The molecule has 1 amide bonds. The Balaban J connectivity index is 1.72. The van der Waals surface area contributed by atoms with Crippen molar-refractivity contribution in [2.24, 2.45) is 11.8 Å². The predicted octanol–water partition coefficient (Wildman–Crippen LogP) is 3.28. The van der Waals surface area contributed by atoms with E-state index in [2.05, 4.69) is 6.58 Å². The van der Waals surface area contributed by atoms with E-state index in [4.69, 9.17) is 9.47 Å². The molecule has 1 aliphatic heterocycles. The molecule has 6 heteroatoms. The average Bonchev–Trinajstić information content (AvgIpc) is 2.98. The van der Waals surface area contributed by atoms with Crippen LogP contribution in [-0.4, -0.2) is 31.0 Å². The smallest absolute Gasteiger partial charge is 0.308 e. The molecule has 1 aliphatic carbocycles. The second kappa shape index (κ2) is 6.86. The molecule has 25 heavy (non-hydrogen) atoms. The third-order valence-corrected chi connectivity index (χ3v) is 5.28. The molecule has 5 nitrogen and oxygen atoms in total. The molecule has 134 valence electrons. The quantitative estimate of drug-likeness (QED) is 0.785. The van der Waals surface area contributed by atoms with E-state index in [0.717, 1.165) is 12.8 Å². The maximum atomic E-state index is 14.4. The molecule has 1 saturated carbocycles. The first-order valence-electron chi connectivity index (χ1n) is 8.41. The summed E-state index contributed by atoms with van der Waals surface area (Å²) in [7, 11) is 2.77. The molecule has 0 unspecified atom stereocenters. The van der Waals surface area contributed by atoms with Crippen molar-refractivity contribution < 1.29 is 23.5 Å². The average molecular weight is 347 g/mol. The zero-order valence-electron chi connectivity index (χ0n) is 14.5. The van der Waals surface area contributed by atoms with Crippen LogP contribution in [0.3, 0.4) is 0 Å². The second-order valence-electron chi connectivity index (χ2n) is 6.57. The van der Waals surface area contributed by atoms with Crippen molar-refractivity contribution in [2.45, 2.75) is 32.2 Å². The minimum Gasteiger partial charge on any atom is -0.494 e. The van der Waals surface area contributed by atoms with Gasteiger partial charge in [-0.05, 0) is 43.2 Å². The van der Waals surface area contributed by atoms with Crippen LogP contribution in [0.2, 0.25) is 0 Å². The highest BCUT2D eigenvalue weighted by Gasteiger charge is 2.37. The van der Waals surface area contributed by atoms with Crippen LogP contribution in [-0.2, 0) is 16.1 Å². The molecule has 1 heterocycles. The van der Waals surface area contributed by atoms with Gasteiger partial charge in [-0.2, -0.15) is 0 Å². The van der Waals surface area contributed by atoms with Crippen LogP contribution in [0, 0.1) is 17.7 Å². The Bertz CT molecular complexity index is 722. The van der Waals surface area contributed by atoms with E-state index in [0.29, 0.717) is 30.6 Å². The monoisotopic (exact) mass is 347 g/mol. The number of nitrogens with zero attached hydrogens (tertiary/aromatic N) is 1. The molecule has 3 rings (SSSR count). The lowest BCUT2D eigenvalue weighted by molar-refractivity contribution is -0.146. The number of halogens is 1. The highest BCUT2D eigenvalue weighted by atomic mass is 19.1. The van der Waals surface area contributed by atoms with E-state index < -0.39 is 5.82 Å². The molecule has 1 fully saturated rings.